The van der Waals surface area contributed by atoms with Crippen molar-refractivity contribution in [3.8, 4) is 5.75 Å². The summed E-state index contributed by atoms with van der Waals surface area (Å²) in [6, 6.07) is 2.55. The van der Waals surface area contributed by atoms with Crippen LogP contribution in [-0.2, 0) is 14.9 Å². The molecule has 0 heterocycles. The number of rotatable bonds is 9. The van der Waals surface area contributed by atoms with Gasteiger partial charge in [-0.05, 0) is 25.0 Å². The molecule has 154 valence electrons. The largest absolute Gasteiger partial charge is 0.504 e. The highest BCUT2D eigenvalue weighted by Crippen LogP contribution is 2.39. The predicted molar refractivity (Wildman–Crippen MR) is 108 cm³/mol. The number of phenolic OH excluding ortho intramolecular Hbond substituents is 1. The Hall–Kier alpha value is -2.14. The van der Waals surface area contributed by atoms with E-state index in [-0.39, 0.29) is 28.1 Å². The summed E-state index contributed by atoms with van der Waals surface area (Å²) in [4.78, 5) is 28.0. The first-order valence-electron chi connectivity index (χ1n) is 8.51. The number of anilines is 3. The lowest BCUT2D eigenvalue weighted by atomic mass is 10.1. The Labute approximate surface area is 167 Å². The number of hydroxylamine groups is 1. The third-order valence-electron chi connectivity index (χ3n) is 4.44. The molecule has 0 fully saturated rings. The van der Waals surface area contributed by atoms with Crippen LogP contribution in [0.1, 0.15) is 26.7 Å². The Bertz CT molecular complexity index is 1040. The molecule has 9 nitrogen and oxygen atoms in total. The summed E-state index contributed by atoms with van der Waals surface area (Å²) in [5, 5.41) is 15.9. The maximum Gasteiger partial charge on any atom is 0.269 e. The van der Waals surface area contributed by atoms with Crippen molar-refractivity contribution in [3.05, 3.63) is 37.6 Å². The third-order valence-corrected chi connectivity index (χ3v) is 6.62. The molecule has 0 bridgehead atoms. The first-order chi connectivity index (χ1) is 13.1. The number of phenols is 1. The van der Waals surface area contributed by atoms with Gasteiger partial charge in [-0.15, -0.1) is 0 Å². The molecule has 2 aromatic rings. The van der Waals surface area contributed by atoms with Crippen LogP contribution in [0.15, 0.2) is 26.6 Å². The molecule has 0 saturated carbocycles. The molecule has 28 heavy (non-hydrogen) atoms. The van der Waals surface area contributed by atoms with Gasteiger partial charge in [-0.1, -0.05) is 29.9 Å². The zero-order valence-electron chi connectivity index (χ0n) is 15.9. The molecule has 0 atom stereocenters. The molecule has 0 saturated heterocycles. The fourth-order valence-electron chi connectivity index (χ4n) is 2.60. The molecule has 0 aliphatic heterocycles. The predicted octanol–water partition coefficient (Wildman–Crippen LogP) is 2.17. The number of benzene rings is 1. The van der Waals surface area contributed by atoms with E-state index in [1.165, 1.54) is 12.1 Å². The molecule has 0 aliphatic carbocycles. The lowest BCUT2D eigenvalue weighted by Crippen LogP contribution is -2.38. The van der Waals surface area contributed by atoms with E-state index in [9.17, 15) is 23.1 Å². The Morgan fingerprint density at radius 3 is 2.29 bits per heavy atom. The summed E-state index contributed by atoms with van der Waals surface area (Å²) in [5.74, 6) is -0.696. The van der Waals surface area contributed by atoms with Gasteiger partial charge in [-0.25, -0.2) is 8.42 Å². The Morgan fingerprint density at radius 1 is 1.18 bits per heavy atom. The van der Waals surface area contributed by atoms with Crippen LogP contribution in [0.25, 0.3) is 0 Å². The average molecular weight is 432 g/mol. The normalized spacial score (nSPS) is 12.1. The van der Waals surface area contributed by atoms with E-state index in [1.54, 1.807) is 0 Å². The van der Waals surface area contributed by atoms with Crippen LogP contribution in [-0.4, -0.2) is 38.2 Å². The van der Waals surface area contributed by atoms with Crippen molar-refractivity contribution in [2.24, 2.45) is 0 Å². The average Bonchev–Trinajstić information content (AvgIpc) is 2.67. The van der Waals surface area contributed by atoms with Crippen molar-refractivity contribution in [3.63, 3.8) is 0 Å². The lowest BCUT2D eigenvalue weighted by Gasteiger charge is -2.21. The fraction of sp³-hybridized carbons (Fsp3) is 0.412. The van der Waals surface area contributed by atoms with E-state index in [1.807, 2.05) is 13.8 Å². The van der Waals surface area contributed by atoms with E-state index >= 15 is 0 Å². The molecule has 0 radical (unpaired) electrons. The van der Waals surface area contributed by atoms with E-state index in [2.05, 4.69) is 15.5 Å². The van der Waals surface area contributed by atoms with Gasteiger partial charge in [0.1, 0.15) is 16.3 Å². The van der Waals surface area contributed by atoms with Gasteiger partial charge < -0.3 is 15.7 Å². The standard InChI is InChI=1S/C17H22ClN3O6S/c1-5-9(6-2)19-12-13(16(24)15(12)23)20-11-8-7-10(18)17(14(11)22)28(25,26)21(3)27-4/h7-9,19-20,22H,5-6H2,1-4H3. The summed E-state index contributed by atoms with van der Waals surface area (Å²) in [6.45, 7) is 3.88. The summed E-state index contributed by atoms with van der Waals surface area (Å²) >= 11 is 5.96. The van der Waals surface area contributed by atoms with Crippen molar-refractivity contribution < 1.29 is 18.4 Å². The number of nitrogens with one attached hydrogen (secondary N) is 2. The van der Waals surface area contributed by atoms with Crippen molar-refractivity contribution in [1.29, 1.82) is 0 Å². The van der Waals surface area contributed by atoms with E-state index < -0.39 is 31.5 Å². The molecular weight excluding hydrogens is 410 g/mol. The summed E-state index contributed by atoms with van der Waals surface area (Å²) in [7, 11) is -1.98. The first-order valence-corrected chi connectivity index (χ1v) is 10.3. The minimum absolute atomic E-state index is 0.00560. The van der Waals surface area contributed by atoms with Gasteiger partial charge >= 0.3 is 0 Å². The van der Waals surface area contributed by atoms with Crippen molar-refractivity contribution in [2.45, 2.75) is 37.6 Å². The minimum atomic E-state index is -4.26. The minimum Gasteiger partial charge on any atom is -0.504 e. The zero-order chi connectivity index (χ0) is 21.2. The monoisotopic (exact) mass is 431 g/mol. The zero-order valence-corrected chi connectivity index (χ0v) is 17.4. The first kappa shape index (κ1) is 22.2. The smallest absolute Gasteiger partial charge is 0.269 e. The van der Waals surface area contributed by atoms with Gasteiger partial charge in [0, 0.05) is 13.1 Å². The fourth-order valence-corrected chi connectivity index (χ4v) is 4.17. The molecule has 0 aromatic heterocycles. The molecule has 11 heteroatoms. The number of nitrogens with zero attached hydrogens (tertiary/aromatic N) is 1. The van der Waals surface area contributed by atoms with E-state index in [0.717, 1.165) is 27.0 Å². The van der Waals surface area contributed by atoms with Crippen molar-refractivity contribution >= 4 is 38.7 Å². The van der Waals surface area contributed by atoms with Crippen LogP contribution < -0.4 is 21.5 Å². The molecular formula is C17H22ClN3O6S. The highest BCUT2D eigenvalue weighted by molar-refractivity contribution is 7.89. The van der Waals surface area contributed by atoms with Gasteiger partial charge in [0.2, 0.25) is 0 Å². The molecule has 2 aromatic carbocycles. The second kappa shape index (κ2) is 8.48. The number of aromatic hydroxyl groups is 1. The summed E-state index contributed by atoms with van der Waals surface area (Å²) < 4.78 is 25.6. The van der Waals surface area contributed by atoms with Crippen LogP contribution in [0.2, 0.25) is 5.02 Å². The number of hydrogen-bond donors (Lipinski definition) is 3. The molecule has 0 aliphatic rings. The molecule has 0 spiro atoms. The Kier molecular flexibility index (Phi) is 6.71. The SMILES string of the molecule is CCC(CC)Nc1c(Nc2ccc(Cl)c(S(=O)(=O)N(C)OC)c2O)c(=O)c1=O. The maximum absolute atomic E-state index is 12.5. The van der Waals surface area contributed by atoms with Crippen LogP contribution in [0.5, 0.6) is 5.75 Å². The number of hydrogen-bond acceptors (Lipinski definition) is 8. The quantitative estimate of drug-likeness (QED) is 0.313. The van der Waals surface area contributed by atoms with Crippen molar-refractivity contribution in [2.75, 3.05) is 24.8 Å². The van der Waals surface area contributed by atoms with E-state index in [4.69, 9.17) is 11.6 Å². The van der Waals surface area contributed by atoms with Gasteiger partial charge in [-0.2, -0.15) is 0 Å². The molecule has 3 N–H and O–H groups in total. The van der Waals surface area contributed by atoms with Gasteiger partial charge in [0.05, 0.1) is 17.8 Å². The van der Waals surface area contributed by atoms with Crippen LogP contribution >= 0.6 is 11.6 Å². The Morgan fingerprint density at radius 2 is 1.75 bits per heavy atom. The second-order valence-electron chi connectivity index (χ2n) is 6.06. The topological polar surface area (TPSA) is 125 Å². The number of halogens is 1. The highest BCUT2D eigenvalue weighted by Gasteiger charge is 2.30. The molecule has 2 rings (SSSR count). The molecule has 0 amide bonds. The third kappa shape index (κ3) is 3.86. The highest BCUT2D eigenvalue weighted by atomic mass is 35.5. The van der Waals surface area contributed by atoms with Crippen molar-refractivity contribution in [1.82, 2.24) is 4.47 Å². The second-order valence-corrected chi connectivity index (χ2v) is 8.34. The van der Waals surface area contributed by atoms with Gasteiger partial charge in [0.15, 0.2) is 5.75 Å². The Balaban J connectivity index is 2.48. The van der Waals surface area contributed by atoms with Gasteiger partial charge in [-0.3, -0.25) is 14.4 Å². The van der Waals surface area contributed by atoms with Crippen LogP contribution in [0.3, 0.4) is 0 Å². The van der Waals surface area contributed by atoms with Crippen LogP contribution in [0, 0.1) is 0 Å². The lowest BCUT2D eigenvalue weighted by molar-refractivity contribution is -0.0259. The maximum atomic E-state index is 12.5. The van der Waals surface area contributed by atoms with E-state index in [0.29, 0.717) is 4.47 Å². The summed E-state index contributed by atoms with van der Waals surface area (Å²) in [5.41, 5.74) is -1.47. The molecule has 0 unspecified atom stereocenters. The summed E-state index contributed by atoms with van der Waals surface area (Å²) in [6.07, 6.45) is 1.49. The van der Waals surface area contributed by atoms with Crippen LogP contribution in [0.4, 0.5) is 17.1 Å². The number of sulfonamides is 1. The van der Waals surface area contributed by atoms with Gasteiger partial charge in [0.25, 0.3) is 20.9 Å².